The summed E-state index contributed by atoms with van der Waals surface area (Å²) in [7, 11) is 0. The van der Waals surface area contributed by atoms with E-state index in [1.807, 2.05) is 0 Å². The molecule has 282 valence electrons. The van der Waals surface area contributed by atoms with Gasteiger partial charge in [-0.2, -0.15) is 0 Å². The molecule has 2 rings (SSSR count). The van der Waals surface area contributed by atoms with Gasteiger partial charge in [0.25, 0.3) is 0 Å². The van der Waals surface area contributed by atoms with Gasteiger partial charge in [-0.25, -0.2) is 9.59 Å². The van der Waals surface area contributed by atoms with Crippen LogP contribution in [0, 0.1) is 0 Å². The average Bonchev–Trinajstić information content (AvgIpc) is 2.97. The van der Waals surface area contributed by atoms with Crippen molar-refractivity contribution in [1.29, 1.82) is 0 Å². The van der Waals surface area contributed by atoms with Crippen LogP contribution in [0.15, 0.2) is 24.3 Å². The number of nitrogens with one attached hydrogen (secondary N) is 2. The van der Waals surface area contributed by atoms with Crippen LogP contribution in [0.3, 0.4) is 0 Å². The van der Waals surface area contributed by atoms with Crippen LogP contribution in [0.1, 0.15) is 155 Å². The molecule has 0 saturated heterocycles. The van der Waals surface area contributed by atoms with E-state index in [0.717, 1.165) is 71.9 Å². The number of rotatable bonds is 15. The van der Waals surface area contributed by atoms with Crippen LogP contribution in [0.5, 0.6) is 11.5 Å². The van der Waals surface area contributed by atoms with Gasteiger partial charge in [0.1, 0.15) is 11.5 Å². The molecule has 0 aromatic heterocycles. The number of hydrogen-bond acceptors (Lipinski definition) is 6. The second-order valence-corrected chi connectivity index (χ2v) is 17.8. The molecular formula is C42H68N2O6. The van der Waals surface area contributed by atoms with Crippen LogP contribution in [-0.2, 0) is 44.0 Å². The van der Waals surface area contributed by atoms with Crippen molar-refractivity contribution < 1.29 is 29.3 Å². The van der Waals surface area contributed by atoms with Gasteiger partial charge >= 0.3 is 12.2 Å². The van der Waals surface area contributed by atoms with Crippen molar-refractivity contribution in [2.75, 3.05) is 26.3 Å². The number of aromatic hydroxyl groups is 2. The van der Waals surface area contributed by atoms with Gasteiger partial charge in [-0.15, -0.1) is 0 Å². The van der Waals surface area contributed by atoms with Gasteiger partial charge in [-0.3, -0.25) is 0 Å². The van der Waals surface area contributed by atoms with Crippen LogP contribution in [0.25, 0.3) is 0 Å². The Hall–Kier alpha value is -3.42. The number of hydrogen-bond donors (Lipinski definition) is 4. The molecule has 0 aliphatic heterocycles. The monoisotopic (exact) mass is 697 g/mol. The second-order valence-electron chi connectivity index (χ2n) is 17.8. The number of phenols is 2. The molecule has 0 fully saturated rings. The number of unbranched alkanes of at least 4 members (excludes halogenated alkanes) is 3. The maximum Gasteiger partial charge on any atom is 0.407 e. The molecule has 0 unspecified atom stereocenters. The van der Waals surface area contributed by atoms with E-state index in [-0.39, 0.29) is 21.7 Å². The van der Waals surface area contributed by atoms with Crippen LogP contribution >= 0.6 is 0 Å². The molecule has 50 heavy (non-hydrogen) atoms. The molecule has 0 radical (unpaired) electrons. The van der Waals surface area contributed by atoms with Crippen LogP contribution in [0.2, 0.25) is 0 Å². The highest BCUT2D eigenvalue weighted by Gasteiger charge is 2.28. The highest BCUT2D eigenvalue weighted by molar-refractivity contribution is 5.67. The third kappa shape index (κ3) is 14.1. The molecule has 8 heteroatoms. The van der Waals surface area contributed by atoms with Crippen molar-refractivity contribution in [3.63, 3.8) is 0 Å². The highest BCUT2D eigenvalue weighted by Crippen LogP contribution is 2.41. The predicted octanol–water partition coefficient (Wildman–Crippen LogP) is 9.87. The number of phenolic OH excluding ortho intramolecular Hbond substituents is 2. The van der Waals surface area contributed by atoms with E-state index >= 15 is 0 Å². The summed E-state index contributed by atoms with van der Waals surface area (Å²) in [6, 6.07) is 8.31. The highest BCUT2D eigenvalue weighted by atomic mass is 16.6. The standard InChI is InChI=1S/C42H68N2O6/c1-39(2,3)31-25-29(26-32(35(31)45)40(4,5)6)19-17-23-49-37(47)43-21-15-13-14-16-22-44-38(48)50-24-18-20-30-27-33(41(7,8)9)36(46)34(28-30)42(10,11)12/h25-28,45-46H,13-24H2,1-12H3,(H,43,47)(H,44,48). The molecule has 0 heterocycles. The van der Waals surface area contributed by atoms with Crippen molar-refractivity contribution >= 4 is 12.2 Å². The zero-order valence-electron chi connectivity index (χ0n) is 33.3. The molecule has 0 spiro atoms. The van der Waals surface area contributed by atoms with Gasteiger partial charge in [0.2, 0.25) is 0 Å². The summed E-state index contributed by atoms with van der Waals surface area (Å²) in [6.45, 7) is 27.0. The third-order valence-corrected chi connectivity index (χ3v) is 8.90. The largest absolute Gasteiger partial charge is 0.507 e. The fourth-order valence-corrected chi connectivity index (χ4v) is 5.93. The normalized spacial score (nSPS) is 12.5. The van der Waals surface area contributed by atoms with Crippen molar-refractivity contribution in [2.45, 2.75) is 156 Å². The zero-order chi connectivity index (χ0) is 37.9. The Balaban J connectivity index is 1.59. The van der Waals surface area contributed by atoms with Crippen LogP contribution < -0.4 is 10.6 Å². The second kappa shape index (κ2) is 18.2. The summed E-state index contributed by atoms with van der Waals surface area (Å²) in [6.07, 6.45) is 5.67. The molecule has 2 aromatic carbocycles. The number of carbonyl (C=O) groups is 2. The number of amides is 2. The minimum absolute atomic E-state index is 0.176. The maximum atomic E-state index is 12.2. The topological polar surface area (TPSA) is 117 Å². The molecule has 0 aliphatic carbocycles. The minimum Gasteiger partial charge on any atom is -0.507 e. The van der Waals surface area contributed by atoms with Gasteiger partial charge in [-0.05, 0) is 93.6 Å². The first-order valence-electron chi connectivity index (χ1n) is 18.6. The van der Waals surface area contributed by atoms with Crippen LogP contribution in [0.4, 0.5) is 9.59 Å². The van der Waals surface area contributed by atoms with Gasteiger partial charge in [0.05, 0.1) is 13.2 Å². The molecular weight excluding hydrogens is 628 g/mol. The SMILES string of the molecule is CC(C)(C)c1cc(CCCOC(=O)NCCCCCCNC(=O)OCCCc2cc(C(C)(C)C)c(O)c(C(C)(C)C)c2)cc(C(C)(C)C)c1O. The van der Waals surface area contributed by atoms with Crippen molar-refractivity contribution in [3.05, 3.63) is 57.6 Å². The Bertz CT molecular complexity index is 1230. The first kappa shape index (κ1) is 42.7. The minimum atomic E-state index is -0.402. The van der Waals surface area contributed by atoms with Crippen molar-refractivity contribution in [2.24, 2.45) is 0 Å². The van der Waals surface area contributed by atoms with E-state index in [1.165, 1.54) is 0 Å². The summed E-state index contributed by atoms with van der Waals surface area (Å²) in [5, 5.41) is 27.5. The Morgan fingerprint density at radius 1 is 0.500 bits per heavy atom. The fraction of sp³-hybridized carbons (Fsp3) is 0.667. The Labute approximate surface area is 303 Å². The number of ether oxygens (including phenoxy) is 2. The fourth-order valence-electron chi connectivity index (χ4n) is 5.93. The lowest BCUT2D eigenvalue weighted by Crippen LogP contribution is -2.26. The van der Waals surface area contributed by atoms with E-state index in [9.17, 15) is 19.8 Å². The maximum absolute atomic E-state index is 12.2. The van der Waals surface area contributed by atoms with E-state index in [0.29, 0.717) is 50.6 Å². The molecule has 0 atom stereocenters. The van der Waals surface area contributed by atoms with Crippen molar-refractivity contribution in [3.8, 4) is 11.5 Å². The first-order valence-corrected chi connectivity index (χ1v) is 18.6. The molecule has 2 amide bonds. The van der Waals surface area contributed by atoms with Crippen molar-refractivity contribution in [1.82, 2.24) is 10.6 Å². The summed E-state index contributed by atoms with van der Waals surface area (Å²) >= 11 is 0. The molecule has 0 bridgehead atoms. The molecule has 4 N–H and O–H groups in total. The quantitative estimate of drug-likeness (QED) is 0.138. The number of aryl methyl sites for hydroxylation is 2. The zero-order valence-corrected chi connectivity index (χ0v) is 33.3. The van der Waals surface area contributed by atoms with E-state index < -0.39 is 12.2 Å². The summed E-state index contributed by atoms with van der Waals surface area (Å²) in [4.78, 5) is 24.3. The summed E-state index contributed by atoms with van der Waals surface area (Å²) < 4.78 is 10.8. The first-order chi connectivity index (χ1) is 23.0. The van der Waals surface area contributed by atoms with E-state index in [4.69, 9.17) is 9.47 Å². The Kier molecular flexibility index (Phi) is 15.5. The predicted molar refractivity (Wildman–Crippen MR) is 205 cm³/mol. The number of alkyl carbamates (subject to hydrolysis) is 2. The van der Waals surface area contributed by atoms with Gasteiger partial charge < -0.3 is 30.3 Å². The molecule has 2 aromatic rings. The van der Waals surface area contributed by atoms with Gasteiger partial charge in [0.15, 0.2) is 0 Å². The third-order valence-electron chi connectivity index (χ3n) is 8.90. The average molecular weight is 697 g/mol. The lowest BCUT2D eigenvalue weighted by molar-refractivity contribution is 0.143. The smallest absolute Gasteiger partial charge is 0.407 e. The Morgan fingerprint density at radius 3 is 1.04 bits per heavy atom. The molecule has 8 nitrogen and oxygen atoms in total. The lowest BCUT2D eigenvalue weighted by Gasteiger charge is -2.28. The van der Waals surface area contributed by atoms with Crippen LogP contribution in [-0.4, -0.2) is 48.7 Å². The number of carbonyl (C=O) groups excluding carboxylic acids is 2. The molecule has 0 aliphatic rings. The van der Waals surface area contributed by atoms with Gasteiger partial charge in [0, 0.05) is 13.1 Å². The van der Waals surface area contributed by atoms with E-state index in [1.54, 1.807) is 0 Å². The Morgan fingerprint density at radius 2 is 0.780 bits per heavy atom. The lowest BCUT2D eigenvalue weighted by atomic mass is 9.78. The van der Waals surface area contributed by atoms with E-state index in [2.05, 4.69) is 118 Å². The molecule has 0 saturated carbocycles. The summed E-state index contributed by atoms with van der Waals surface area (Å²) in [5.74, 6) is 0.754. The summed E-state index contributed by atoms with van der Waals surface area (Å²) in [5.41, 5.74) is 5.34. The van der Waals surface area contributed by atoms with Gasteiger partial charge in [-0.1, -0.05) is 120 Å². The number of benzene rings is 2.